The fourth-order valence-corrected chi connectivity index (χ4v) is 1.85. The van der Waals surface area contributed by atoms with Crippen molar-refractivity contribution in [2.75, 3.05) is 0 Å². The lowest BCUT2D eigenvalue weighted by Crippen LogP contribution is -2.23. The molecule has 0 aliphatic heterocycles. The summed E-state index contributed by atoms with van der Waals surface area (Å²) in [5.74, 6) is 3.04. The lowest BCUT2D eigenvalue weighted by Gasteiger charge is -2.26. The number of allylic oxidation sites excluding steroid dienone is 2. The minimum absolute atomic E-state index is 0.101. The van der Waals surface area contributed by atoms with Gasteiger partial charge in [-0.3, -0.25) is 0 Å². The molecular weight excluding hydrogens is 160 g/mol. The van der Waals surface area contributed by atoms with E-state index in [-0.39, 0.29) is 6.10 Å². The van der Waals surface area contributed by atoms with Crippen molar-refractivity contribution < 1.29 is 5.11 Å². The lowest BCUT2D eigenvalue weighted by atomic mass is 9.84. The Kier molecular flexibility index (Phi) is 4.05. The highest BCUT2D eigenvalue weighted by Crippen LogP contribution is 2.27. The molecule has 0 amide bonds. The summed E-state index contributed by atoms with van der Waals surface area (Å²) in [6.07, 6.45) is 12.7. The van der Waals surface area contributed by atoms with Crippen molar-refractivity contribution in [3.63, 3.8) is 0 Å². The van der Waals surface area contributed by atoms with Crippen molar-refractivity contribution in [1.29, 1.82) is 0 Å². The quantitative estimate of drug-likeness (QED) is 0.644. The minimum Gasteiger partial charge on any atom is -0.393 e. The van der Waals surface area contributed by atoms with Crippen molar-refractivity contribution in [1.82, 2.24) is 0 Å². The van der Waals surface area contributed by atoms with Gasteiger partial charge in [-0.05, 0) is 37.7 Å². The highest BCUT2D eigenvalue weighted by Gasteiger charge is 2.21. The molecule has 0 radical (unpaired) electrons. The third kappa shape index (κ3) is 3.24. The molecule has 0 aromatic carbocycles. The topological polar surface area (TPSA) is 20.2 Å². The van der Waals surface area contributed by atoms with Crippen LogP contribution in [-0.2, 0) is 0 Å². The van der Waals surface area contributed by atoms with E-state index in [0.29, 0.717) is 5.92 Å². The van der Waals surface area contributed by atoms with Crippen molar-refractivity contribution in [3.05, 3.63) is 11.6 Å². The summed E-state index contributed by atoms with van der Waals surface area (Å²) in [5, 5.41) is 9.67. The van der Waals surface area contributed by atoms with Crippen LogP contribution in [0.1, 0.15) is 39.0 Å². The molecule has 2 atom stereocenters. The Balaban J connectivity index is 2.39. The van der Waals surface area contributed by atoms with Crippen LogP contribution in [0, 0.1) is 18.3 Å². The zero-order valence-corrected chi connectivity index (χ0v) is 8.29. The molecule has 0 aromatic heterocycles. The zero-order valence-electron chi connectivity index (χ0n) is 8.29. The van der Waals surface area contributed by atoms with Crippen LogP contribution in [0.2, 0.25) is 0 Å². The van der Waals surface area contributed by atoms with E-state index in [0.717, 1.165) is 24.8 Å². The van der Waals surface area contributed by atoms with Gasteiger partial charge in [0.1, 0.15) is 0 Å². The Morgan fingerprint density at radius 3 is 2.85 bits per heavy atom. The molecule has 1 aliphatic rings. The maximum atomic E-state index is 9.67. The standard InChI is InChI=1S/C12H18O/c1-3-10(2)8-9-11-6-4-5-7-12(11)13/h1,8,11-13H,4-7,9H2,2H3/b10-8+/t11-,12-/m1/s1. The number of hydrogen-bond donors (Lipinski definition) is 1. The smallest absolute Gasteiger partial charge is 0.0571 e. The number of hydrogen-bond acceptors (Lipinski definition) is 1. The summed E-state index contributed by atoms with van der Waals surface area (Å²) in [4.78, 5) is 0. The number of aliphatic hydroxyl groups is 1. The van der Waals surface area contributed by atoms with E-state index in [1.54, 1.807) is 0 Å². The zero-order chi connectivity index (χ0) is 9.68. The van der Waals surface area contributed by atoms with Crippen LogP contribution in [0.3, 0.4) is 0 Å². The van der Waals surface area contributed by atoms with Gasteiger partial charge in [-0.15, -0.1) is 6.42 Å². The number of terminal acetylenes is 1. The first-order valence-corrected chi connectivity index (χ1v) is 5.05. The number of rotatable bonds is 2. The molecule has 1 rings (SSSR count). The largest absolute Gasteiger partial charge is 0.393 e. The maximum Gasteiger partial charge on any atom is 0.0571 e. The first-order chi connectivity index (χ1) is 6.24. The first-order valence-electron chi connectivity index (χ1n) is 5.05. The summed E-state index contributed by atoms with van der Waals surface area (Å²) in [6.45, 7) is 1.94. The molecular formula is C12H18O. The van der Waals surface area contributed by atoms with Gasteiger partial charge < -0.3 is 5.11 Å². The molecule has 1 heteroatoms. The minimum atomic E-state index is -0.101. The predicted octanol–water partition coefficient (Wildman–Crippen LogP) is 2.51. The summed E-state index contributed by atoms with van der Waals surface area (Å²) < 4.78 is 0. The summed E-state index contributed by atoms with van der Waals surface area (Å²) in [6, 6.07) is 0. The Morgan fingerprint density at radius 2 is 2.23 bits per heavy atom. The summed E-state index contributed by atoms with van der Waals surface area (Å²) in [7, 11) is 0. The third-order valence-corrected chi connectivity index (χ3v) is 2.82. The molecule has 0 saturated heterocycles. The van der Waals surface area contributed by atoms with Gasteiger partial charge >= 0.3 is 0 Å². The Labute approximate surface area is 80.9 Å². The van der Waals surface area contributed by atoms with E-state index in [1.807, 2.05) is 6.92 Å². The molecule has 1 N–H and O–H groups in total. The van der Waals surface area contributed by atoms with E-state index >= 15 is 0 Å². The molecule has 0 aromatic rings. The maximum absolute atomic E-state index is 9.67. The molecule has 13 heavy (non-hydrogen) atoms. The Bertz CT molecular complexity index is 222. The van der Waals surface area contributed by atoms with Crippen LogP contribution < -0.4 is 0 Å². The average molecular weight is 178 g/mol. The van der Waals surface area contributed by atoms with Gasteiger partial charge in [-0.25, -0.2) is 0 Å². The van der Waals surface area contributed by atoms with Gasteiger partial charge in [-0.2, -0.15) is 0 Å². The van der Waals surface area contributed by atoms with Crippen molar-refractivity contribution in [2.24, 2.45) is 5.92 Å². The highest BCUT2D eigenvalue weighted by molar-refractivity contribution is 5.22. The van der Waals surface area contributed by atoms with E-state index in [2.05, 4.69) is 12.0 Å². The van der Waals surface area contributed by atoms with Gasteiger partial charge in [0.05, 0.1) is 6.10 Å². The van der Waals surface area contributed by atoms with E-state index < -0.39 is 0 Å². The molecule has 72 valence electrons. The molecule has 0 spiro atoms. The second kappa shape index (κ2) is 5.09. The normalized spacial score (nSPS) is 29.8. The van der Waals surface area contributed by atoms with E-state index in [4.69, 9.17) is 6.42 Å². The van der Waals surface area contributed by atoms with Crippen LogP contribution in [0.5, 0.6) is 0 Å². The third-order valence-electron chi connectivity index (χ3n) is 2.82. The second-order valence-electron chi connectivity index (χ2n) is 3.88. The van der Waals surface area contributed by atoms with Crippen LogP contribution >= 0.6 is 0 Å². The van der Waals surface area contributed by atoms with Gasteiger partial charge in [0.25, 0.3) is 0 Å². The van der Waals surface area contributed by atoms with Crippen molar-refractivity contribution in [2.45, 2.75) is 45.1 Å². The van der Waals surface area contributed by atoms with Crippen LogP contribution in [-0.4, -0.2) is 11.2 Å². The molecule has 1 fully saturated rings. The van der Waals surface area contributed by atoms with Gasteiger partial charge in [0, 0.05) is 0 Å². The van der Waals surface area contributed by atoms with Crippen molar-refractivity contribution in [3.8, 4) is 12.3 Å². The molecule has 1 nitrogen and oxygen atoms in total. The molecule has 0 heterocycles. The van der Waals surface area contributed by atoms with Crippen molar-refractivity contribution >= 4 is 0 Å². The second-order valence-corrected chi connectivity index (χ2v) is 3.88. The Hall–Kier alpha value is -0.740. The van der Waals surface area contributed by atoms with Gasteiger partial charge in [0.2, 0.25) is 0 Å². The summed E-state index contributed by atoms with van der Waals surface area (Å²) in [5.41, 5.74) is 0.984. The van der Waals surface area contributed by atoms with Gasteiger partial charge in [0.15, 0.2) is 0 Å². The fraction of sp³-hybridized carbons (Fsp3) is 0.667. The fourth-order valence-electron chi connectivity index (χ4n) is 1.85. The first kappa shape index (κ1) is 10.3. The van der Waals surface area contributed by atoms with Crippen LogP contribution in [0.15, 0.2) is 11.6 Å². The molecule has 0 bridgehead atoms. The lowest BCUT2D eigenvalue weighted by molar-refractivity contribution is 0.0713. The molecule has 1 saturated carbocycles. The van der Waals surface area contributed by atoms with Crippen LogP contribution in [0.25, 0.3) is 0 Å². The van der Waals surface area contributed by atoms with Crippen LogP contribution in [0.4, 0.5) is 0 Å². The monoisotopic (exact) mass is 178 g/mol. The van der Waals surface area contributed by atoms with Gasteiger partial charge in [-0.1, -0.05) is 24.8 Å². The highest BCUT2D eigenvalue weighted by atomic mass is 16.3. The average Bonchev–Trinajstić information content (AvgIpc) is 2.16. The van der Waals surface area contributed by atoms with E-state index in [9.17, 15) is 5.11 Å². The summed E-state index contributed by atoms with van der Waals surface area (Å²) >= 11 is 0. The molecule has 1 aliphatic carbocycles. The van der Waals surface area contributed by atoms with E-state index in [1.165, 1.54) is 12.8 Å². The molecule has 0 unspecified atom stereocenters. The SMILES string of the molecule is C#C/C(C)=C/C[C@H]1CCCC[C@H]1O. The Morgan fingerprint density at radius 1 is 1.54 bits per heavy atom. The predicted molar refractivity (Wildman–Crippen MR) is 55.2 cm³/mol. The number of aliphatic hydroxyl groups excluding tert-OH is 1.